The van der Waals surface area contributed by atoms with Crippen LogP contribution in [0, 0.1) is 20.8 Å². The number of aromatic nitrogens is 1. The van der Waals surface area contributed by atoms with Gasteiger partial charge in [0.15, 0.2) is 0 Å². The lowest BCUT2D eigenvalue weighted by Gasteiger charge is -2.12. The highest BCUT2D eigenvalue weighted by Crippen LogP contribution is 2.40. The minimum Gasteiger partial charge on any atom is -0.467 e. The van der Waals surface area contributed by atoms with E-state index in [2.05, 4.69) is 61.0 Å². The van der Waals surface area contributed by atoms with Crippen molar-refractivity contribution >= 4 is 28.5 Å². The minimum atomic E-state index is -0.0759. The maximum atomic E-state index is 13.2. The Bertz CT molecular complexity index is 1340. The molecule has 1 aromatic carbocycles. The predicted octanol–water partition coefficient (Wildman–Crippen LogP) is 6.62. The number of carbonyl (C=O) groups excluding carboxylic acids is 1. The molecule has 0 saturated carbocycles. The van der Waals surface area contributed by atoms with Crippen molar-refractivity contribution < 1.29 is 9.21 Å². The summed E-state index contributed by atoms with van der Waals surface area (Å²) in [6, 6.07) is 14.4. The van der Waals surface area contributed by atoms with Crippen LogP contribution >= 0.6 is 11.3 Å². The third kappa shape index (κ3) is 4.38. The normalized spacial score (nSPS) is 13.4. The molecule has 1 amide bonds. The Balaban J connectivity index is 1.46. The highest BCUT2D eigenvalue weighted by Gasteiger charge is 2.25. The number of carbonyl (C=O) groups is 1. The van der Waals surface area contributed by atoms with E-state index in [4.69, 9.17) is 9.41 Å². The van der Waals surface area contributed by atoms with Gasteiger partial charge in [0.2, 0.25) is 0 Å². The number of fused-ring (bicyclic) bond motifs is 1. The summed E-state index contributed by atoms with van der Waals surface area (Å²) in [5.41, 5.74) is 7.64. The molecule has 0 fully saturated rings. The summed E-state index contributed by atoms with van der Waals surface area (Å²) < 4.78 is 7.62. The average molecular weight is 472 g/mol. The highest BCUT2D eigenvalue weighted by molar-refractivity contribution is 7.16. The Hall–Kier alpha value is -3.38. The van der Waals surface area contributed by atoms with Gasteiger partial charge >= 0.3 is 0 Å². The second kappa shape index (κ2) is 9.47. The van der Waals surface area contributed by atoms with E-state index in [-0.39, 0.29) is 5.91 Å². The van der Waals surface area contributed by atoms with E-state index < -0.39 is 0 Å². The maximum absolute atomic E-state index is 13.2. The Labute approximate surface area is 204 Å². The van der Waals surface area contributed by atoms with Crippen LogP contribution in [-0.4, -0.2) is 16.7 Å². The number of thiophene rings is 1. The van der Waals surface area contributed by atoms with Crippen LogP contribution in [0.1, 0.15) is 61.9 Å². The van der Waals surface area contributed by atoms with Gasteiger partial charge in [0, 0.05) is 33.7 Å². The van der Waals surface area contributed by atoms with Gasteiger partial charge in [-0.25, -0.2) is 4.99 Å². The molecule has 0 spiro atoms. The summed E-state index contributed by atoms with van der Waals surface area (Å²) >= 11 is 1.66. The van der Waals surface area contributed by atoms with Crippen LogP contribution in [0.4, 0.5) is 5.00 Å². The number of hydrogen-bond donors (Lipinski definition) is 1. The number of amides is 1. The molecule has 0 unspecified atom stereocenters. The number of benzene rings is 1. The van der Waals surface area contributed by atoms with E-state index in [0.717, 1.165) is 58.2 Å². The van der Waals surface area contributed by atoms with E-state index >= 15 is 0 Å². The standard InChI is InChI=1S/C28H29N3O2S/c1-18-10-12-22(13-11-18)31-19(2)15-21(20(31)3)16-30-28-26(24-8-4-5-9-25(24)34-28)27(32)29-17-23-7-6-14-33-23/h6-7,10-16H,4-5,8-9,17H2,1-3H3,(H,29,32). The molecule has 4 aromatic rings. The summed E-state index contributed by atoms with van der Waals surface area (Å²) in [6.07, 6.45) is 7.78. The Kier molecular flexibility index (Phi) is 6.24. The molecule has 0 bridgehead atoms. The van der Waals surface area contributed by atoms with Gasteiger partial charge in [-0.05, 0) is 82.3 Å². The van der Waals surface area contributed by atoms with Crippen molar-refractivity contribution in [3.63, 3.8) is 0 Å². The summed E-state index contributed by atoms with van der Waals surface area (Å²) in [5, 5.41) is 3.82. The number of nitrogens with zero attached hydrogens (tertiary/aromatic N) is 2. The van der Waals surface area contributed by atoms with Crippen molar-refractivity contribution in [3.05, 3.63) is 93.0 Å². The van der Waals surface area contributed by atoms with E-state index in [0.29, 0.717) is 6.54 Å². The van der Waals surface area contributed by atoms with Gasteiger partial charge in [0.25, 0.3) is 5.91 Å². The number of nitrogens with one attached hydrogen (secondary N) is 1. The van der Waals surface area contributed by atoms with Gasteiger partial charge in [0.05, 0.1) is 18.4 Å². The first-order valence-corrected chi connectivity index (χ1v) is 12.6. The van der Waals surface area contributed by atoms with Crippen LogP contribution in [0.3, 0.4) is 0 Å². The topological polar surface area (TPSA) is 59.5 Å². The molecular weight excluding hydrogens is 442 g/mol. The molecule has 3 aromatic heterocycles. The van der Waals surface area contributed by atoms with Crippen molar-refractivity contribution in [1.29, 1.82) is 0 Å². The molecule has 0 radical (unpaired) electrons. The first kappa shape index (κ1) is 22.4. The highest BCUT2D eigenvalue weighted by atomic mass is 32.1. The molecule has 6 heteroatoms. The van der Waals surface area contributed by atoms with Crippen LogP contribution in [0.25, 0.3) is 5.69 Å². The number of aryl methyl sites for hydroxylation is 3. The zero-order valence-electron chi connectivity index (χ0n) is 19.9. The Morgan fingerprint density at radius 2 is 1.94 bits per heavy atom. The molecule has 5 rings (SSSR count). The molecule has 0 saturated heterocycles. The third-order valence-electron chi connectivity index (χ3n) is 6.47. The zero-order chi connectivity index (χ0) is 23.7. The smallest absolute Gasteiger partial charge is 0.255 e. The quantitative estimate of drug-likeness (QED) is 0.321. The average Bonchev–Trinajstić information content (AvgIpc) is 3.55. The SMILES string of the molecule is Cc1ccc(-n2c(C)cc(C=Nc3sc4c(c3C(=O)NCc3ccco3)CCCC4)c2C)cc1. The van der Waals surface area contributed by atoms with Crippen molar-refractivity contribution in [2.45, 2.75) is 53.0 Å². The molecule has 0 aliphatic heterocycles. The van der Waals surface area contributed by atoms with Crippen LogP contribution in [0.15, 0.2) is 58.1 Å². The lowest BCUT2D eigenvalue weighted by Crippen LogP contribution is -2.23. The summed E-state index contributed by atoms with van der Waals surface area (Å²) in [7, 11) is 0. The molecule has 1 aliphatic carbocycles. The van der Waals surface area contributed by atoms with Crippen LogP contribution in [0.2, 0.25) is 0 Å². The fourth-order valence-corrected chi connectivity index (χ4v) is 5.91. The fourth-order valence-electron chi connectivity index (χ4n) is 4.68. The second-order valence-corrected chi connectivity index (χ2v) is 9.99. The van der Waals surface area contributed by atoms with Gasteiger partial charge in [0.1, 0.15) is 10.8 Å². The predicted molar refractivity (Wildman–Crippen MR) is 138 cm³/mol. The second-order valence-electron chi connectivity index (χ2n) is 8.91. The summed E-state index contributed by atoms with van der Waals surface area (Å²) in [5.74, 6) is 0.666. The molecule has 1 aliphatic rings. The summed E-state index contributed by atoms with van der Waals surface area (Å²) in [6.45, 7) is 6.70. The van der Waals surface area contributed by atoms with Gasteiger partial charge in [-0.15, -0.1) is 11.3 Å². The van der Waals surface area contributed by atoms with Crippen LogP contribution in [0.5, 0.6) is 0 Å². The van der Waals surface area contributed by atoms with Crippen LogP contribution in [-0.2, 0) is 19.4 Å². The molecular formula is C28H29N3O2S. The fraction of sp³-hybridized carbons (Fsp3) is 0.286. The Morgan fingerprint density at radius 1 is 1.15 bits per heavy atom. The minimum absolute atomic E-state index is 0.0759. The molecule has 34 heavy (non-hydrogen) atoms. The summed E-state index contributed by atoms with van der Waals surface area (Å²) in [4.78, 5) is 19.4. The molecule has 174 valence electrons. The van der Waals surface area contributed by atoms with Crippen molar-refractivity contribution in [2.24, 2.45) is 4.99 Å². The number of furan rings is 1. The molecule has 3 heterocycles. The number of aliphatic imine (C=N–C) groups is 1. The van der Waals surface area contributed by atoms with Gasteiger partial charge in [-0.2, -0.15) is 0 Å². The van der Waals surface area contributed by atoms with Gasteiger partial charge in [-0.3, -0.25) is 4.79 Å². The molecule has 1 N–H and O–H groups in total. The Morgan fingerprint density at radius 3 is 2.71 bits per heavy atom. The number of rotatable bonds is 6. The van der Waals surface area contributed by atoms with E-state index in [9.17, 15) is 4.79 Å². The lowest BCUT2D eigenvalue weighted by molar-refractivity contribution is 0.0948. The van der Waals surface area contributed by atoms with E-state index in [1.807, 2.05) is 18.3 Å². The van der Waals surface area contributed by atoms with Crippen molar-refractivity contribution in [3.8, 4) is 5.69 Å². The van der Waals surface area contributed by atoms with Gasteiger partial charge in [-0.1, -0.05) is 17.7 Å². The van der Waals surface area contributed by atoms with Crippen molar-refractivity contribution in [2.75, 3.05) is 0 Å². The first-order chi connectivity index (χ1) is 16.5. The largest absolute Gasteiger partial charge is 0.467 e. The molecule has 5 nitrogen and oxygen atoms in total. The van der Waals surface area contributed by atoms with Crippen molar-refractivity contribution in [1.82, 2.24) is 9.88 Å². The number of hydrogen-bond acceptors (Lipinski definition) is 4. The monoisotopic (exact) mass is 471 g/mol. The van der Waals surface area contributed by atoms with E-state index in [1.54, 1.807) is 17.6 Å². The third-order valence-corrected chi connectivity index (χ3v) is 7.67. The lowest BCUT2D eigenvalue weighted by atomic mass is 9.95. The van der Waals surface area contributed by atoms with E-state index in [1.165, 1.54) is 22.4 Å². The van der Waals surface area contributed by atoms with Crippen LogP contribution < -0.4 is 5.32 Å². The van der Waals surface area contributed by atoms with Gasteiger partial charge < -0.3 is 14.3 Å². The zero-order valence-corrected chi connectivity index (χ0v) is 20.7. The first-order valence-electron chi connectivity index (χ1n) is 11.8. The maximum Gasteiger partial charge on any atom is 0.255 e. The molecule has 0 atom stereocenters.